The highest BCUT2D eigenvalue weighted by Gasteiger charge is 2.24. The van der Waals surface area contributed by atoms with Gasteiger partial charge in [-0.15, -0.1) is 11.3 Å². The number of hydrogen-bond donors (Lipinski definition) is 1. The van der Waals surface area contributed by atoms with E-state index in [1.807, 2.05) is 4.90 Å². The van der Waals surface area contributed by atoms with Crippen LogP contribution < -0.4 is 5.73 Å². The van der Waals surface area contributed by atoms with E-state index >= 15 is 0 Å². The molecule has 1 aromatic heterocycles. The summed E-state index contributed by atoms with van der Waals surface area (Å²) in [6, 6.07) is 0.544. The van der Waals surface area contributed by atoms with Crippen molar-refractivity contribution in [2.24, 2.45) is 0 Å². The van der Waals surface area contributed by atoms with Crippen LogP contribution in [0.4, 0.5) is 5.13 Å². The fourth-order valence-corrected chi connectivity index (χ4v) is 2.53. The Labute approximate surface area is 105 Å². The van der Waals surface area contributed by atoms with Gasteiger partial charge in [0, 0.05) is 37.6 Å². The molecule has 0 unspecified atom stereocenters. The van der Waals surface area contributed by atoms with Gasteiger partial charge in [0.2, 0.25) is 0 Å². The highest BCUT2D eigenvalue weighted by atomic mass is 32.1. The van der Waals surface area contributed by atoms with Crippen LogP contribution in [-0.2, 0) is 0 Å². The first kappa shape index (κ1) is 12.3. The van der Waals surface area contributed by atoms with Gasteiger partial charge < -0.3 is 10.6 Å². The Morgan fingerprint density at radius 3 is 2.53 bits per heavy atom. The molecule has 0 saturated carbocycles. The maximum atomic E-state index is 12.1. The third-order valence-electron chi connectivity index (χ3n) is 3.07. The second-order valence-electron chi connectivity index (χ2n) is 4.49. The number of nitrogens with two attached hydrogens (primary N) is 1. The van der Waals surface area contributed by atoms with Crippen LogP contribution in [0.3, 0.4) is 0 Å². The van der Waals surface area contributed by atoms with E-state index < -0.39 is 0 Å². The van der Waals surface area contributed by atoms with Crippen molar-refractivity contribution in [1.29, 1.82) is 0 Å². The van der Waals surface area contributed by atoms with Crippen molar-refractivity contribution in [3.8, 4) is 0 Å². The molecule has 0 bridgehead atoms. The summed E-state index contributed by atoms with van der Waals surface area (Å²) in [4.78, 5) is 20.3. The predicted octanol–water partition coefficient (Wildman–Crippen LogP) is 0.892. The maximum absolute atomic E-state index is 12.1. The summed E-state index contributed by atoms with van der Waals surface area (Å²) in [5.41, 5.74) is 6.01. The van der Waals surface area contributed by atoms with Crippen molar-refractivity contribution in [3.05, 3.63) is 11.1 Å². The Morgan fingerprint density at radius 2 is 2.06 bits per heavy atom. The maximum Gasteiger partial charge on any atom is 0.273 e. The Morgan fingerprint density at radius 1 is 1.41 bits per heavy atom. The quantitative estimate of drug-likeness (QED) is 0.851. The van der Waals surface area contributed by atoms with Crippen molar-refractivity contribution in [3.63, 3.8) is 0 Å². The van der Waals surface area contributed by atoms with E-state index in [0.29, 0.717) is 16.9 Å². The van der Waals surface area contributed by atoms with Crippen LogP contribution in [-0.4, -0.2) is 52.9 Å². The Bertz CT molecular complexity index is 396. The third-order valence-corrected chi connectivity index (χ3v) is 3.75. The summed E-state index contributed by atoms with van der Waals surface area (Å²) in [5, 5.41) is 2.18. The molecule has 0 radical (unpaired) electrons. The molecule has 1 aliphatic heterocycles. The molecule has 17 heavy (non-hydrogen) atoms. The van der Waals surface area contributed by atoms with Gasteiger partial charge in [0.15, 0.2) is 5.13 Å². The molecule has 2 heterocycles. The van der Waals surface area contributed by atoms with Crippen LogP contribution in [0.5, 0.6) is 0 Å². The molecule has 2 N–H and O–H groups in total. The van der Waals surface area contributed by atoms with E-state index in [0.717, 1.165) is 26.2 Å². The molecule has 0 aliphatic carbocycles. The molecule has 0 aromatic carbocycles. The lowest BCUT2D eigenvalue weighted by molar-refractivity contribution is 0.0591. The summed E-state index contributed by atoms with van der Waals surface area (Å²) >= 11 is 1.31. The summed E-state index contributed by atoms with van der Waals surface area (Å²) in [7, 11) is 0. The second-order valence-corrected chi connectivity index (χ2v) is 5.38. The molecular weight excluding hydrogens is 236 g/mol. The molecule has 1 aromatic rings. The topological polar surface area (TPSA) is 62.5 Å². The van der Waals surface area contributed by atoms with Crippen LogP contribution in [0.2, 0.25) is 0 Å². The minimum absolute atomic E-state index is 0.00126. The monoisotopic (exact) mass is 254 g/mol. The van der Waals surface area contributed by atoms with Crippen LogP contribution >= 0.6 is 11.3 Å². The van der Waals surface area contributed by atoms with E-state index in [2.05, 4.69) is 23.7 Å². The minimum atomic E-state index is 0.00126. The Hall–Kier alpha value is -1.14. The highest BCUT2D eigenvalue weighted by molar-refractivity contribution is 7.13. The number of thiazole rings is 1. The minimum Gasteiger partial charge on any atom is -0.375 e. The van der Waals surface area contributed by atoms with E-state index in [1.54, 1.807) is 5.38 Å². The SMILES string of the molecule is CC(C)N1CCN(C(=O)c2csc(N)n2)CC1. The summed E-state index contributed by atoms with van der Waals surface area (Å²) < 4.78 is 0. The van der Waals surface area contributed by atoms with E-state index in [4.69, 9.17) is 5.73 Å². The standard InChI is InChI=1S/C11H18N4OS/c1-8(2)14-3-5-15(6-4-14)10(16)9-7-17-11(12)13-9/h7-8H,3-6H2,1-2H3,(H2,12,13). The number of nitrogen functional groups attached to an aromatic ring is 1. The molecule has 0 atom stereocenters. The van der Waals surface area contributed by atoms with Gasteiger partial charge in [0.1, 0.15) is 5.69 Å². The molecular formula is C11H18N4OS. The molecule has 1 aliphatic rings. The van der Waals surface area contributed by atoms with Gasteiger partial charge >= 0.3 is 0 Å². The number of nitrogens with zero attached hydrogens (tertiary/aromatic N) is 3. The molecule has 6 heteroatoms. The lowest BCUT2D eigenvalue weighted by atomic mass is 10.2. The zero-order chi connectivity index (χ0) is 12.4. The van der Waals surface area contributed by atoms with Crippen molar-refractivity contribution >= 4 is 22.4 Å². The number of carbonyl (C=O) groups excluding carboxylic acids is 1. The lowest BCUT2D eigenvalue weighted by Gasteiger charge is -2.36. The molecule has 2 rings (SSSR count). The van der Waals surface area contributed by atoms with Crippen LogP contribution in [0.1, 0.15) is 24.3 Å². The average molecular weight is 254 g/mol. The van der Waals surface area contributed by atoms with Crippen LogP contribution in [0, 0.1) is 0 Å². The number of amides is 1. The van der Waals surface area contributed by atoms with Gasteiger partial charge in [-0.2, -0.15) is 0 Å². The number of rotatable bonds is 2. The number of piperazine rings is 1. The summed E-state index contributed by atoms with van der Waals surface area (Å²) in [6.45, 7) is 7.77. The molecule has 94 valence electrons. The van der Waals surface area contributed by atoms with Crippen molar-refractivity contribution in [2.45, 2.75) is 19.9 Å². The fraction of sp³-hybridized carbons (Fsp3) is 0.636. The van der Waals surface area contributed by atoms with Gasteiger partial charge in [-0.3, -0.25) is 9.69 Å². The smallest absolute Gasteiger partial charge is 0.273 e. The molecule has 1 amide bonds. The van der Waals surface area contributed by atoms with Gasteiger partial charge in [-0.1, -0.05) is 0 Å². The number of hydrogen-bond acceptors (Lipinski definition) is 5. The van der Waals surface area contributed by atoms with Crippen molar-refractivity contribution < 1.29 is 4.79 Å². The van der Waals surface area contributed by atoms with Gasteiger partial charge in [-0.25, -0.2) is 4.98 Å². The van der Waals surface area contributed by atoms with E-state index in [9.17, 15) is 4.79 Å². The first-order chi connectivity index (χ1) is 8.08. The van der Waals surface area contributed by atoms with Gasteiger partial charge in [0.05, 0.1) is 0 Å². The van der Waals surface area contributed by atoms with E-state index in [-0.39, 0.29) is 5.91 Å². The first-order valence-corrected chi connectivity index (χ1v) is 6.70. The Kier molecular flexibility index (Phi) is 3.63. The average Bonchev–Trinajstić information content (AvgIpc) is 2.75. The number of anilines is 1. The lowest BCUT2D eigenvalue weighted by Crippen LogP contribution is -2.50. The van der Waals surface area contributed by atoms with Gasteiger partial charge in [-0.05, 0) is 13.8 Å². The Balaban J connectivity index is 1.95. The van der Waals surface area contributed by atoms with Crippen LogP contribution in [0.15, 0.2) is 5.38 Å². The molecule has 1 fully saturated rings. The zero-order valence-electron chi connectivity index (χ0n) is 10.2. The van der Waals surface area contributed by atoms with Crippen LogP contribution in [0.25, 0.3) is 0 Å². The van der Waals surface area contributed by atoms with Crippen molar-refractivity contribution in [1.82, 2.24) is 14.8 Å². The first-order valence-electron chi connectivity index (χ1n) is 5.82. The molecule has 5 nitrogen and oxygen atoms in total. The molecule has 1 saturated heterocycles. The van der Waals surface area contributed by atoms with E-state index in [1.165, 1.54) is 11.3 Å². The number of aromatic nitrogens is 1. The van der Waals surface area contributed by atoms with Crippen molar-refractivity contribution in [2.75, 3.05) is 31.9 Å². The highest BCUT2D eigenvalue weighted by Crippen LogP contribution is 2.14. The second kappa shape index (κ2) is 5.01. The zero-order valence-corrected chi connectivity index (χ0v) is 11.0. The third kappa shape index (κ3) is 2.76. The number of carbonyl (C=O) groups is 1. The molecule has 0 spiro atoms. The fourth-order valence-electron chi connectivity index (χ4n) is 1.99. The van der Waals surface area contributed by atoms with Gasteiger partial charge in [0.25, 0.3) is 5.91 Å². The predicted molar refractivity (Wildman–Crippen MR) is 69.1 cm³/mol. The normalized spacial score (nSPS) is 17.7. The summed E-state index contributed by atoms with van der Waals surface area (Å²) in [5.74, 6) is 0.00126. The largest absolute Gasteiger partial charge is 0.375 e. The summed E-state index contributed by atoms with van der Waals surface area (Å²) in [6.07, 6.45) is 0.